The molecule has 104 valence electrons. The third-order valence-electron chi connectivity index (χ3n) is 2.91. The van der Waals surface area contributed by atoms with Gasteiger partial charge >= 0.3 is 0 Å². The molecule has 0 spiro atoms. The molecule has 1 aromatic carbocycles. The first-order valence-electron chi connectivity index (χ1n) is 6.00. The topological polar surface area (TPSA) is 73.2 Å². The Kier molecular flexibility index (Phi) is 5.48. The molecule has 6 heteroatoms. The average molecular weight is 281 g/mol. The summed E-state index contributed by atoms with van der Waals surface area (Å²) in [5.74, 6) is 0.0701. The first-order valence-corrected chi connectivity index (χ1v) is 7.61. The van der Waals surface area contributed by atoms with E-state index in [1.165, 1.54) is 18.4 Å². The Morgan fingerprint density at radius 1 is 1.32 bits per heavy atom. The van der Waals surface area contributed by atoms with Gasteiger partial charge in [-0.2, -0.15) is 5.26 Å². The number of sulfonamides is 1. The van der Waals surface area contributed by atoms with Crippen molar-refractivity contribution >= 4 is 10.0 Å². The molecule has 0 aliphatic heterocycles. The second-order valence-corrected chi connectivity index (χ2v) is 6.81. The lowest BCUT2D eigenvalue weighted by Gasteiger charge is -2.16. The summed E-state index contributed by atoms with van der Waals surface area (Å²) < 4.78 is 24.4. The number of rotatable bonds is 6. The van der Waals surface area contributed by atoms with E-state index >= 15 is 0 Å². The maximum atomic E-state index is 11.6. The van der Waals surface area contributed by atoms with E-state index in [1.807, 2.05) is 19.1 Å². The molecule has 0 radical (unpaired) electrons. The van der Waals surface area contributed by atoms with Crippen molar-refractivity contribution in [3.8, 4) is 6.07 Å². The summed E-state index contributed by atoms with van der Waals surface area (Å²) >= 11 is 0. The molecule has 0 fully saturated rings. The van der Waals surface area contributed by atoms with Gasteiger partial charge in [0, 0.05) is 26.7 Å². The maximum absolute atomic E-state index is 11.6. The molecule has 0 heterocycles. The minimum atomic E-state index is -3.16. The third kappa shape index (κ3) is 4.63. The molecular weight excluding hydrogens is 262 g/mol. The van der Waals surface area contributed by atoms with Crippen molar-refractivity contribution in [3.05, 3.63) is 35.4 Å². The SMILES string of the molecule is CC(NCCS(=O)(=O)N(C)C)c1ccc(C#N)cc1. The van der Waals surface area contributed by atoms with Crippen LogP contribution in [0.1, 0.15) is 24.1 Å². The molecule has 1 atom stereocenters. The predicted octanol–water partition coefficient (Wildman–Crippen LogP) is 1.10. The van der Waals surface area contributed by atoms with E-state index in [1.54, 1.807) is 12.1 Å². The number of nitrogens with one attached hydrogen (secondary N) is 1. The lowest BCUT2D eigenvalue weighted by molar-refractivity contribution is 0.512. The molecule has 0 aliphatic carbocycles. The highest BCUT2D eigenvalue weighted by atomic mass is 32.2. The molecule has 0 aliphatic rings. The quantitative estimate of drug-likeness (QED) is 0.847. The van der Waals surface area contributed by atoms with E-state index < -0.39 is 10.0 Å². The van der Waals surface area contributed by atoms with Crippen LogP contribution >= 0.6 is 0 Å². The van der Waals surface area contributed by atoms with E-state index in [2.05, 4.69) is 11.4 Å². The van der Waals surface area contributed by atoms with Crippen molar-refractivity contribution in [1.29, 1.82) is 5.26 Å². The van der Waals surface area contributed by atoms with Crippen molar-refractivity contribution in [3.63, 3.8) is 0 Å². The highest BCUT2D eigenvalue weighted by molar-refractivity contribution is 7.89. The van der Waals surface area contributed by atoms with E-state index in [4.69, 9.17) is 5.26 Å². The average Bonchev–Trinajstić information content (AvgIpc) is 2.38. The van der Waals surface area contributed by atoms with Gasteiger partial charge in [0.15, 0.2) is 0 Å². The van der Waals surface area contributed by atoms with Crippen LogP contribution in [0.3, 0.4) is 0 Å². The Hall–Kier alpha value is -1.42. The Morgan fingerprint density at radius 2 is 1.89 bits per heavy atom. The molecular formula is C13H19N3O2S. The van der Waals surface area contributed by atoms with Gasteiger partial charge < -0.3 is 5.32 Å². The fourth-order valence-electron chi connectivity index (χ4n) is 1.55. The molecule has 1 aromatic rings. The van der Waals surface area contributed by atoms with Gasteiger partial charge in [-0.3, -0.25) is 0 Å². The highest BCUT2D eigenvalue weighted by Crippen LogP contribution is 2.12. The van der Waals surface area contributed by atoms with E-state index in [0.717, 1.165) is 5.56 Å². The zero-order chi connectivity index (χ0) is 14.5. The van der Waals surface area contributed by atoms with Gasteiger partial charge in [0.05, 0.1) is 17.4 Å². The van der Waals surface area contributed by atoms with Gasteiger partial charge in [0.25, 0.3) is 0 Å². The Balaban J connectivity index is 2.52. The second kappa shape index (κ2) is 6.66. The molecule has 1 unspecified atom stereocenters. The van der Waals surface area contributed by atoms with Crippen LogP contribution in [0.25, 0.3) is 0 Å². The van der Waals surface area contributed by atoms with Gasteiger partial charge in [-0.1, -0.05) is 12.1 Å². The number of benzene rings is 1. The number of hydrogen-bond acceptors (Lipinski definition) is 4. The zero-order valence-corrected chi connectivity index (χ0v) is 12.2. The van der Waals surface area contributed by atoms with Crippen LogP contribution in [0.15, 0.2) is 24.3 Å². The van der Waals surface area contributed by atoms with Gasteiger partial charge in [-0.05, 0) is 24.6 Å². The van der Waals surface area contributed by atoms with Crippen molar-refractivity contribution in [1.82, 2.24) is 9.62 Å². The second-order valence-electron chi connectivity index (χ2n) is 4.51. The molecule has 5 nitrogen and oxygen atoms in total. The van der Waals surface area contributed by atoms with Crippen LogP contribution in [-0.4, -0.2) is 39.1 Å². The van der Waals surface area contributed by atoms with Crippen LogP contribution < -0.4 is 5.32 Å². The lowest BCUT2D eigenvalue weighted by Crippen LogP contribution is -2.32. The maximum Gasteiger partial charge on any atom is 0.214 e. The standard InChI is InChI=1S/C13H19N3O2S/c1-11(13-6-4-12(10-14)5-7-13)15-8-9-19(17,18)16(2)3/h4-7,11,15H,8-9H2,1-3H3. The van der Waals surface area contributed by atoms with Gasteiger partial charge in [-0.15, -0.1) is 0 Å². The predicted molar refractivity (Wildman–Crippen MR) is 75.0 cm³/mol. The molecule has 0 amide bonds. The first-order chi connectivity index (χ1) is 8.86. The smallest absolute Gasteiger partial charge is 0.214 e. The molecule has 0 saturated carbocycles. The Bertz CT molecular complexity index is 544. The van der Waals surface area contributed by atoms with Crippen LogP contribution in [0.5, 0.6) is 0 Å². The highest BCUT2D eigenvalue weighted by Gasteiger charge is 2.13. The summed E-state index contributed by atoms with van der Waals surface area (Å²) in [6.07, 6.45) is 0. The molecule has 0 bridgehead atoms. The summed E-state index contributed by atoms with van der Waals surface area (Å²) in [7, 11) is -0.105. The Morgan fingerprint density at radius 3 is 2.37 bits per heavy atom. The minimum absolute atomic E-state index is 0.0464. The summed E-state index contributed by atoms with van der Waals surface area (Å²) in [6, 6.07) is 9.36. The fraction of sp³-hybridized carbons (Fsp3) is 0.462. The van der Waals surface area contributed by atoms with Crippen LogP contribution in [-0.2, 0) is 10.0 Å². The number of nitrogens with zero attached hydrogens (tertiary/aromatic N) is 2. The van der Waals surface area contributed by atoms with E-state index in [0.29, 0.717) is 12.1 Å². The molecule has 1 rings (SSSR count). The van der Waals surface area contributed by atoms with Gasteiger partial charge in [0.1, 0.15) is 0 Å². The largest absolute Gasteiger partial charge is 0.309 e. The van der Waals surface area contributed by atoms with Crippen LogP contribution in [0.4, 0.5) is 0 Å². The van der Waals surface area contributed by atoms with Crippen LogP contribution in [0, 0.1) is 11.3 Å². The molecule has 0 saturated heterocycles. The van der Waals surface area contributed by atoms with Crippen molar-refractivity contribution in [2.24, 2.45) is 0 Å². The van der Waals surface area contributed by atoms with Crippen molar-refractivity contribution in [2.45, 2.75) is 13.0 Å². The summed E-state index contributed by atoms with van der Waals surface area (Å²) in [6.45, 7) is 2.35. The van der Waals surface area contributed by atoms with Crippen LogP contribution in [0.2, 0.25) is 0 Å². The summed E-state index contributed by atoms with van der Waals surface area (Å²) in [5.41, 5.74) is 1.65. The molecule has 0 aromatic heterocycles. The first kappa shape index (κ1) is 15.6. The van der Waals surface area contributed by atoms with E-state index in [-0.39, 0.29) is 11.8 Å². The lowest BCUT2D eigenvalue weighted by atomic mass is 10.1. The monoisotopic (exact) mass is 281 g/mol. The van der Waals surface area contributed by atoms with Gasteiger partial charge in [0.2, 0.25) is 10.0 Å². The summed E-state index contributed by atoms with van der Waals surface area (Å²) in [4.78, 5) is 0. The zero-order valence-electron chi connectivity index (χ0n) is 11.4. The third-order valence-corrected chi connectivity index (χ3v) is 4.74. The number of nitriles is 1. The van der Waals surface area contributed by atoms with Gasteiger partial charge in [-0.25, -0.2) is 12.7 Å². The van der Waals surface area contributed by atoms with Crippen molar-refractivity contribution in [2.75, 3.05) is 26.4 Å². The van der Waals surface area contributed by atoms with E-state index in [9.17, 15) is 8.42 Å². The van der Waals surface area contributed by atoms with Crippen molar-refractivity contribution < 1.29 is 8.42 Å². The minimum Gasteiger partial charge on any atom is -0.309 e. The molecule has 19 heavy (non-hydrogen) atoms. The number of hydrogen-bond donors (Lipinski definition) is 1. The normalized spacial score (nSPS) is 13.2. The Labute approximate surface area is 114 Å². The molecule has 1 N–H and O–H groups in total. The fourth-order valence-corrected chi connectivity index (χ4v) is 2.29. The summed E-state index contributed by atoms with van der Waals surface area (Å²) in [5, 5.41) is 11.9.